The smallest absolute Gasteiger partial charge is 0.255 e. The van der Waals surface area contributed by atoms with Crippen LogP contribution in [0.5, 0.6) is 5.75 Å². The molecular formula is C18H17N3O3S. The molecule has 0 aliphatic heterocycles. The van der Waals surface area contributed by atoms with E-state index in [1.54, 1.807) is 24.3 Å². The molecule has 1 aromatic heterocycles. The number of fused-ring (bicyclic) bond motifs is 1. The van der Waals surface area contributed by atoms with Crippen molar-refractivity contribution in [3.8, 4) is 5.75 Å². The number of nitrogens with one attached hydrogen (secondary N) is 2. The monoisotopic (exact) mass is 355 g/mol. The average Bonchev–Trinajstić information content (AvgIpc) is 3.02. The topological polar surface area (TPSA) is 80.3 Å². The molecule has 2 aromatic carbocycles. The maximum absolute atomic E-state index is 12.3. The summed E-state index contributed by atoms with van der Waals surface area (Å²) in [7, 11) is 0. The van der Waals surface area contributed by atoms with Crippen LogP contribution in [0.1, 0.15) is 17.3 Å². The maximum atomic E-state index is 12.3. The summed E-state index contributed by atoms with van der Waals surface area (Å²) in [5.74, 6) is -0.195. The Morgan fingerprint density at radius 3 is 2.68 bits per heavy atom. The van der Waals surface area contributed by atoms with Crippen molar-refractivity contribution >= 4 is 38.5 Å². The number of nitrogens with zero attached hydrogens (tertiary/aromatic N) is 1. The number of benzene rings is 2. The number of anilines is 1. The molecule has 1 heterocycles. The van der Waals surface area contributed by atoms with Crippen LogP contribution in [0.25, 0.3) is 10.2 Å². The van der Waals surface area contributed by atoms with E-state index in [1.165, 1.54) is 11.3 Å². The molecule has 2 amide bonds. The maximum Gasteiger partial charge on any atom is 0.255 e. The van der Waals surface area contributed by atoms with Crippen LogP contribution in [0.4, 0.5) is 5.13 Å². The Balaban J connectivity index is 1.59. The van der Waals surface area contributed by atoms with Crippen molar-refractivity contribution in [2.24, 2.45) is 0 Å². The third-order valence-electron chi connectivity index (χ3n) is 3.38. The van der Waals surface area contributed by atoms with E-state index in [4.69, 9.17) is 4.74 Å². The number of rotatable bonds is 6. The second-order valence-electron chi connectivity index (χ2n) is 5.15. The summed E-state index contributed by atoms with van der Waals surface area (Å²) in [6, 6.07) is 14.6. The first kappa shape index (κ1) is 16.9. The first-order valence-electron chi connectivity index (χ1n) is 7.83. The fourth-order valence-corrected chi connectivity index (χ4v) is 3.16. The molecule has 0 saturated heterocycles. The lowest BCUT2D eigenvalue weighted by Gasteiger charge is -2.10. The van der Waals surface area contributed by atoms with Crippen LogP contribution in [0.2, 0.25) is 0 Å². The van der Waals surface area contributed by atoms with Gasteiger partial charge in [-0.25, -0.2) is 4.98 Å². The second kappa shape index (κ2) is 7.76. The van der Waals surface area contributed by atoms with Crippen LogP contribution < -0.4 is 15.4 Å². The first-order valence-corrected chi connectivity index (χ1v) is 8.64. The molecular weight excluding hydrogens is 338 g/mol. The van der Waals surface area contributed by atoms with Gasteiger partial charge in [0.2, 0.25) is 5.91 Å². The van der Waals surface area contributed by atoms with E-state index in [2.05, 4.69) is 15.6 Å². The van der Waals surface area contributed by atoms with Crippen molar-refractivity contribution < 1.29 is 14.3 Å². The second-order valence-corrected chi connectivity index (χ2v) is 6.18. The molecule has 0 fully saturated rings. The Hall–Kier alpha value is -2.93. The van der Waals surface area contributed by atoms with Gasteiger partial charge in [-0.2, -0.15) is 0 Å². The minimum absolute atomic E-state index is 0.144. The predicted molar refractivity (Wildman–Crippen MR) is 98.2 cm³/mol. The van der Waals surface area contributed by atoms with Crippen LogP contribution in [0, 0.1) is 0 Å². The number of para-hydroxylation sites is 2. The molecule has 0 saturated carbocycles. The van der Waals surface area contributed by atoms with Gasteiger partial charge < -0.3 is 15.4 Å². The molecule has 0 unspecified atom stereocenters. The molecule has 0 radical (unpaired) electrons. The number of aromatic nitrogens is 1. The number of thiazole rings is 1. The summed E-state index contributed by atoms with van der Waals surface area (Å²) in [5.41, 5.74) is 1.23. The summed E-state index contributed by atoms with van der Waals surface area (Å²) in [6.45, 7) is 2.16. The number of ether oxygens (including phenoxy) is 1. The standard InChI is InChI=1S/C18H17N3O3S/c1-2-24-14-9-5-3-7-12(14)17(23)19-11-16(22)21-18-20-13-8-4-6-10-15(13)25-18/h3-10H,2,11H2,1H3,(H,19,23)(H,20,21,22). The quantitative estimate of drug-likeness (QED) is 0.712. The molecule has 0 aliphatic carbocycles. The zero-order valence-electron chi connectivity index (χ0n) is 13.6. The van der Waals surface area contributed by atoms with Gasteiger partial charge in [0.25, 0.3) is 5.91 Å². The van der Waals surface area contributed by atoms with Gasteiger partial charge in [0, 0.05) is 0 Å². The van der Waals surface area contributed by atoms with Gasteiger partial charge in [-0.15, -0.1) is 0 Å². The largest absolute Gasteiger partial charge is 0.493 e. The summed E-state index contributed by atoms with van der Waals surface area (Å²) >= 11 is 1.39. The van der Waals surface area contributed by atoms with Gasteiger partial charge in [0.05, 0.1) is 28.9 Å². The molecule has 2 N–H and O–H groups in total. The van der Waals surface area contributed by atoms with Crippen LogP contribution >= 0.6 is 11.3 Å². The Morgan fingerprint density at radius 2 is 1.88 bits per heavy atom. The molecule has 0 atom stereocenters. The summed E-state index contributed by atoms with van der Waals surface area (Å²) in [5, 5.41) is 5.81. The molecule has 3 rings (SSSR count). The Kier molecular flexibility index (Phi) is 5.25. The first-order chi connectivity index (χ1) is 12.2. The predicted octanol–water partition coefficient (Wildman–Crippen LogP) is 3.06. The van der Waals surface area contributed by atoms with Crippen molar-refractivity contribution in [2.75, 3.05) is 18.5 Å². The van der Waals surface area contributed by atoms with Crippen LogP contribution in [0.15, 0.2) is 48.5 Å². The van der Waals surface area contributed by atoms with Crippen molar-refractivity contribution in [1.29, 1.82) is 0 Å². The third kappa shape index (κ3) is 4.13. The van der Waals surface area contributed by atoms with Crippen LogP contribution in [-0.2, 0) is 4.79 Å². The molecule has 0 spiro atoms. The van der Waals surface area contributed by atoms with Gasteiger partial charge in [-0.3, -0.25) is 9.59 Å². The van der Waals surface area contributed by atoms with Crippen LogP contribution in [0.3, 0.4) is 0 Å². The van der Waals surface area contributed by atoms with Crippen LogP contribution in [-0.4, -0.2) is 29.9 Å². The van der Waals surface area contributed by atoms with Crippen molar-refractivity contribution in [3.05, 3.63) is 54.1 Å². The van der Waals surface area contributed by atoms with Gasteiger partial charge in [-0.05, 0) is 31.2 Å². The fourth-order valence-electron chi connectivity index (χ4n) is 2.28. The molecule has 0 bridgehead atoms. The highest BCUT2D eigenvalue weighted by Gasteiger charge is 2.14. The lowest BCUT2D eigenvalue weighted by molar-refractivity contribution is -0.115. The number of amides is 2. The van der Waals surface area contributed by atoms with Crippen molar-refractivity contribution in [3.63, 3.8) is 0 Å². The Bertz CT molecular complexity index is 874. The highest BCUT2D eigenvalue weighted by Crippen LogP contribution is 2.25. The highest BCUT2D eigenvalue weighted by atomic mass is 32.1. The van der Waals surface area contributed by atoms with Gasteiger partial charge >= 0.3 is 0 Å². The van der Waals surface area contributed by atoms with E-state index < -0.39 is 0 Å². The minimum atomic E-state index is -0.358. The molecule has 6 nitrogen and oxygen atoms in total. The van der Waals surface area contributed by atoms with E-state index in [9.17, 15) is 9.59 Å². The van der Waals surface area contributed by atoms with Crippen molar-refractivity contribution in [1.82, 2.24) is 10.3 Å². The Labute approximate surface area is 148 Å². The van der Waals surface area contributed by atoms with E-state index in [-0.39, 0.29) is 18.4 Å². The molecule has 7 heteroatoms. The number of carbonyl (C=O) groups excluding carboxylic acids is 2. The average molecular weight is 355 g/mol. The Morgan fingerprint density at radius 1 is 1.12 bits per heavy atom. The number of hydrogen-bond donors (Lipinski definition) is 2. The lowest BCUT2D eigenvalue weighted by Crippen LogP contribution is -2.33. The zero-order valence-corrected chi connectivity index (χ0v) is 14.4. The molecule has 0 aliphatic rings. The van der Waals surface area contributed by atoms with E-state index in [0.29, 0.717) is 23.1 Å². The van der Waals surface area contributed by atoms with E-state index >= 15 is 0 Å². The summed E-state index contributed by atoms with van der Waals surface area (Å²) < 4.78 is 6.42. The minimum Gasteiger partial charge on any atom is -0.493 e. The molecule has 25 heavy (non-hydrogen) atoms. The van der Waals surface area contributed by atoms with Gasteiger partial charge in [0.1, 0.15) is 5.75 Å². The normalized spacial score (nSPS) is 10.4. The summed E-state index contributed by atoms with van der Waals surface area (Å²) in [4.78, 5) is 28.6. The van der Waals surface area contributed by atoms with E-state index in [1.807, 2.05) is 31.2 Å². The third-order valence-corrected chi connectivity index (χ3v) is 4.33. The summed E-state index contributed by atoms with van der Waals surface area (Å²) in [6.07, 6.45) is 0. The van der Waals surface area contributed by atoms with Gasteiger partial charge in [-0.1, -0.05) is 35.6 Å². The lowest BCUT2D eigenvalue weighted by atomic mass is 10.2. The highest BCUT2D eigenvalue weighted by molar-refractivity contribution is 7.22. The number of carbonyl (C=O) groups is 2. The van der Waals surface area contributed by atoms with E-state index in [0.717, 1.165) is 10.2 Å². The molecule has 128 valence electrons. The fraction of sp³-hybridized carbons (Fsp3) is 0.167. The SMILES string of the molecule is CCOc1ccccc1C(=O)NCC(=O)Nc1nc2ccccc2s1. The van der Waals surface area contributed by atoms with Crippen molar-refractivity contribution in [2.45, 2.75) is 6.92 Å². The molecule has 3 aromatic rings. The number of hydrogen-bond acceptors (Lipinski definition) is 5. The van der Waals surface area contributed by atoms with Gasteiger partial charge in [0.15, 0.2) is 5.13 Å². The zero-order chi connectivity index (χ0) is 17.6.